The van der Waals surface area contributed by atoms with E-state index in [1.54, 1.807) is 0 Å². The number of anilines is 1. The van der Waals surface area contributed by atoms with Crippen molar-refractivity contribution in [1.29, 1.82) is 0 Å². The lowest BCUT2D eigenvalue weighted by Crippen LogP contribution is -2.26. The van der Waals surface area contributed by atoms with Crippen molar-refractivity contribution in [3.05, 3.63) is 16.3 Å². The van der Waals surface area contributed by atoms with E-state index in [4.69, 9.17) is 0 Å². The van der Waals surface area contributed by atoms with Gasteiger partial charge < -0.3 is 0 Å². The van der Waals surface area contributed by atoms with Crippen molar-refractivity contribution in [3.63, 3.8) is 0 Å². The van der Waals surface area contributed by atoms with Crippen LogP contribution in [-0.2, 0) is 15.0 Å². The molecular formula is C7H6FN3O5S2. The predicted molar refractivity (Wildman–Crippen MR) is 59.6 cm³/mol. The average molecular weight is 295 g/mol. The zero-order valence-electron chi connectivity index (χ0n) is 8.65. The first-order chi connectivity index (χ1) is 8.29. The molecule has 2 heterocycles. The first-order valence-corrected chi connectivity index (χ1v) is 6.89. The highest BCUT2D eigenvalue weighted by molar-refractivity contribution is 7.87. The molecule has 2 rings (SSSR count). The Bertz CT molecular complexity index is 612. The van der Waals surface area contributed by atoms with Crippen LogP contribution >= 0.6 is 11.3 Å². The van der Waals surface area contributed by atoms with E-state index in [0.717, 1.165) is 11.1 Å². The van der Waals surface area contributed by atoms with E-state index in [0.29, 0.717) is 11.3 Å². The van der Waals surface area contributed by atoms with Crippen LogP contribution in [-0.4, -0.2) is 36.0 Å². The Morgan fingerprint density at radius 1 is 1.61 bits per heavy atom. The minimum Gasteiger partial charge on any atom is -0.286 e. The molecule has 1 aromatic rings. The van der Waals surface area contributed by atoms with E-state index in [1.165, 1.54) is 0 Å². The molecule has 0 spiro atoms. The van der Waals surface area contributed by atoms with Gasteiger partial charge in [0.05, 0.1) is 4.92 Å². The molecule has 0 radical (unpaired) electrons. The number of amides is 1. The quantitative estimate of drug-likeness (QED) is 0.455. The molecule has 11 heteroatoms. The lowest BCUT2D eigenvalue weighted by Gasteiger charge is -2.10. The van der Waals surface area contributed by atoms with Gasteiger partial charge in [-0.05, 0) is 11.3 Å². The van der Waals surface area contributed by atoms with Gasteiger partial charge in [0.15, 0.2) is 5.13 Å². The number of rotatable bonds is 3. The largest absolute Gasteiger partial charge is 0.345 e. The molecule has 1 aliphatic rings. The Kier molecular flexibility index (Phi) is 3.02. The van der Waals surface area contributed by atoms with Crippen molar-refractivity contribution < 1.29 is 22.0 Å². The van der Waals surface area contributed by atoms with Crippen molar-refractivity contribution in [2.45, 2.75) is 11.7 Å². The van der Waals surface area contributed by atoms with Crippen LogP contribution in [0.1, 0.15) is 6.42 Å². The fourth-order valence-electron chi connectivity index (χ4n) is 1.51. The lowest BCUT2D eigenvalue weighted by atomic mass is 10.4. The van der Waals surface area contributed by atoms with E-state index in [2.05, 4.69) is 4.98 Å². The van der Waals surface area contributed by atoms with Crippen molar-refractivity contribution in [2.24, 2.45) is 0 Å². The van der Waals surface area contributed by atoms with Gasteiger partial charge in [-0.1, -0.05) is 0 Å². The van der Waals surface area contributed by atoms with Gasteiger partial charge in [0.2, 0.25) is 5.91 Å². The topological polar surface area (TPSA) is 110 Å². The van der Waals surface area contributed by atoms with Crippen LogP contribution in [0.3, 0.4) is 0 Å². The summed E-state index contributed by atoms with van der Waals surface area (Å²) in [7, 11) is -4.81. The molecule has 1 fully saturated rings. The van der Waals surface area contributed by atoms with Gasteiger partial charge in [-0.15, -0.1) is 3.89 Å². The SMILES string of the molecule is O=C1CC(S(=O)(=O)F)CN1c1ncc([N+](=O)[O-])s1. The number of carbonyl (C=O) groups is 1. The maximum Gasteiger partial charge on any atom is 0.345 e. The van der Waals surface area contributed by atoms with Crippen LogP contribution in [0.2, 0.25) is 0 Å². The Morgan fingerprint density at radius 3 is 2.72 bits per heavy atom. The number of nitro groups is 1. The number of thiazole rings is 1. The van der Waals surface area contributed by atoms with E-state index in [1.807, 2.05) is 0 Å². The molecule has 8 nitrogen and oxygen atoms in total. The van der Waals surface area contributed by atoms with Crippen molar-refractivity contribution in [2.75, 3.05) is 11.4 Å². The van der Waals surface area contributed by atoms with Gasteiger partial charge in [-0.25, -0.2) is 4.98 Å². The second kappa shape index (κ2) is 4.24. The molecule has 1 aliphatic heterocycles. The fraction of sp³-hybridized carbons (Fsp3) is 0.429. The van der Waals surface area contributed by atoms with Crippen LogP contribution in [0.25, 0.3) is 0 Å². The van der Waals surface area contributed by atoms with Crippen LogP contribution < -0.4 is 4.90 Å². The number of aromatic nitrogens is 1. The molecule has 1 aromatic heterocycles. The Balaban J connectivity index is 2.24. The normalized spacial score (nSPS) is 20.4. The van der Waals surface area contributed by atoms with Gasteiger partial charge in [-0.2, -0.15) is 8.42 Å². The smallest absolute Gasteiger partial charge is 0.286 e. The van der Waals surface area contributed by atoms with Crippen molar-refractivity contribution in [1.82, 2.24) is 4.98 Å². The second-order valence-electron chi connectivity index (χ2n) is 3.54. The number of halogens is 1. The van der Waals surface area contributed by atoms with E-state index in [9.17, 15) is 27.2 Å². The van der Waals surface area contributed by atoms with Gasteiger partial charge in [0.25, 0.3) is 0 Å². The summed E-state index contributed by atoms with van der Waals surface area (Å²) in [4.78, 5) is 25.9. The average Bonchev–Trinajstić information content (AvgIpc) is 2.81. The number of nitrogens with zero attached hydrogens (tertiary/aromatic N) is 3. The molecule has 0 aromatic carbocycles. The summed E-state index contributed by atoms with van der Waals surface area (Å²) in [6, 6.07) is 0. The van der Waals surface area contributed by atoms with Crippen LogP contribution in [0.15, 0.2) is 6.20 Å². The highest BCUT2D eigenvalue weighted by Gasteiger charge is 2.40. The fourth-order valence-corrected chi connectivity index (χ4v) is 2.94. The zero-order valence-corrected chi connectivity index (χ0v) is 10.3. The zero-order chi connectivity index (χ0) is 13.5. The molecule has 18 heavy (non-hydrogen) atoms. The second-order valence-corrected chi connectivity index (χ2v) is 6.15. The maximum atomic E-state index is 12.8. The molecular weight excluding hydrogens is 289 g/mol. The number of hydrogen-bond acceptors (Lipinski definition) is 7. The summed E-state index contributed by atoms with van der Waals surface area (Å²) in [6.45, 7) is -0.373. The molecule has 0 N–H and O–H groups in total. The van der Waals surface area contributed by atoms with Gasteiger partial charge in [-0.3, -0.25) is 19.8 Å². The third-order valence-electron chi connectivity index (χ3n) is 2.38. The molecule has 98 valence electrons. The minimum atomic E-state index is -4.81. The monoisotopic (exact) mass is 295 g/mol. The minimum absolute atomic E-state index is 0.00199. The third-order valence-corrected chi connectivity index (χ3v) is 4.46. The van der Waals surface area contributed by atoms with Gasteiger partial charge in [0.1, 0.15) is 11.4 Å². The lowest BCUT2D eigenvalue weighted by molar-refractivity contribution is -0.380. The standard InChI is InChI=1S/C7H6FN3O5S2/c8-18(15,16)4-1-5(12)10(3-4)7-9-2-6(17-7)11(13)14/h2,4H,1,3H2. The summed E-state index contributed by atoms with van der Waals surface area (Å²) in [5.41, 5.74) is 0. The van der Waals surface area contributed by atoms with E-state index in [-0.39, 0.29) is 16.7 Å². The van der Waals surface area contributed by atoms with E-state index < -0.39 is 32.7 Å². The summed E-state index contributed by atoms with van der Waals surface area (Å²) in [5.74, 6) is -0.620. The molecule has 1 unspecified atom stereocenters. The predicted octanol–water partition coefficient (Wildman–Crippen LogP) is 0.456. The van der Waals surface area contributed by atoms with Crippen molar-refractivity contribution in [3.8, 4) is 0 Å². The highest BCUT2D eigenvalue weighted by Crippen LogP contribution is 2.32. The number of carbonyl (C=O) groups excluding carboxylic acids is 1. The van der Waals surface area contributed by atoms with Gasteiger partial charge >= 0.3 is 15.2 Å². The van der Waals surface area contributed by atoms with Crippen LogP contribution in [0.5, 0.6) is 0 Å². The van der Waals surface area contributed by atoms with Gasteiger partial charge in [0, 0.05) is 13.0 Å². The first-order valence-electron chi connectivity index (χ1n) is 4.63. The Morgan fingerprint density at radius 2 is 2.28 bits per heavy atom. The number of hydrogen-bond donors (Lipinski definition) is 0. The molecule has 0 saturated carbocycles. The molecule has 0 aliphatic carbocycles. The molecule has 1 amide bonds. The third kappa shape index (κ3) is 2.31. The Hall–Kier alpha value is -1.62. The molecule has 1 atom stereocenters. The highest BCUT2D eigenvalue weighted by atomic mass is 32.3. The molecule has 1 saturated heterocycles. The summed E-state index contributed by atoms with van der Waals surface area (Å²) < 4.78 is 34.2. The van der Waals surface area contributed by atoms with Crippen LogP contribution in [0.4, 0.5) is 14.0 Å². The summed E-state index contributed by atoms with van der Waals surface area (Å²) in [5, 5.41) is 8.74. The molecule has 0 bridgehead atoms. The summed E-state index contributed by atoms with van der Waals surface area (Å²) >= 11 is 0.632. The van der Waals surface area contributed by atoms with Crippen LogP contribution in [0, 0.1) is 10.1 Å². The van der Waals surface area contributed by atoms with E-state index >= 15 is 0 Å². The first kappa shape index (κ1) is 12.8. The Labute approximate surface area is 104 Å². The maximum absolute atomic E-state index is 12.8. The summed E-state index contributed by atoms with van der Waals surface area (Å²) in [6.07, 6.45) is 0.483. The van der Waals surface area contributed by atoms with Crippen molar-refractivity contribution >= 4 is 37.6 Å².